The molecule has 160 valence electrons. The molecule has 2 atom stereocenters. The minimum Gasteiger partial charge on any atom is -0.375 e. The highest BCUT2D eigenvalue weighted by atomic mass is 16.1. The number of aromatic nitrogens is 1. The van der Waals surface area contributed by atoms with E-state index in [0.29, 0.717) is 16.8 Å². The molecule has 31 heavy (non-hydrogen) atoms. The predicted octanol–water partition coefficient (Wildman–Crippen LogP) is 4.24. The summed E-state index contributed by atoms with van der Waals surface area (Å²) in [4.78, 5) is 16.6. The van der Waals surface area contributed by atoms with Crippen LogP contribution in [0.5, 0.6) is 0 Å². The van der Waals surface area contributed by atoms with Gasteiger partial charge in [-0.05, 0) is 42.4 Å². The fraction of sp³-hybridized carbons (Fsp3) is 0.240. The standard InChI is InChI=1S/C23H23N5O.C2H6/c1-26-13-14-6-4-7-15(12-14)19-21(24)20-16(23(25)29)8-5-10-17(20)28-22(19)18-9-2-3-11-27-18;1-2/h2-12,19,22,24,26,28H,13H2,1H3,(H2,25,29);1-2H3. The Morgan fingerprint density at radius 1 is 1.13 bits per heavy atom. The van der Waals surface area contributed by atoms with Crippen LogP contribution in [0.2, 0.25) is 0 Å². The number of nitrogens with zero attached hydrogens (tertiary/aromatic N) is 1. The summed E-state index contributed by atoms with van der Waals surface area (Å²) >= 11 is 0. The minimum atomic E-state index is -0.535. The van der Waals surface area contributed by atoms with Crippen molar-refractivity contribution in [3.05, 3.63) is 94.8 Å². The third-order valence-electron chi connectivity index (χ3n) is 5.25. The Kier molecular flexibility index (Phi) is 7.15. The number of benzene rings is 2. The van der Waals surface area contributed by atoms with Crippen molar-refractivity contribution in [3.8, 4) is 0 Å². The van der Waals surface area contributed by atoms with Crippen molar-refractivity contribution in [2.75, 3.05) is 12.4 Å². The smallest absolute Gasteiger partial charge is 0.249 e. The van der Waals surface area contributed by atoms with Crippen molar-refractivity contribution in [1.29, 1.82) is 5.41 Å². The summed E-state index contributed by atoms with van der Waals surface area (Å²) in [6, 6.07) is 19.0. The van der Waals surface area contributed by atoms with E-state index in [0.717, 1.165) is 29.1 Å². The third kappa shape index (κ3) is 4.49. The van der Waals surface area contributed by atoms with Gasteiger partial charge in [-0.25, -0.2) is 0 Å². The van der Waals surface area contributed by atoms with Crippen LogP contribution in [0.1, 0.15) is 58.5 Å². The van der Waals surface area contributed by atoms with E-state index >= 15 is 0 Å². The Balaban J connectivity index is 0.00000132. The molecular formula is C25H29N5O. The zero-order chi connectivity index (χ0) is 22.4. The lowest BCUT2D eigenvalue weighted by Gasteiger charge is -2.36. The first-order chi connectivity index (χ1) is 15.1. The highest BCUT2D eigenvalue weighted by Crippen LogP contribution is 2.43. The molecule has 0 saturated heterocycles. The van der Waals surface area contributed by atoms with Gasteiger partial charge in [-0.2, -0.15) is 0 Å². The van der Waals surface area contributed by atoms with Crippen LogP contribution in [0.15, 0.2) is 66.9 Å². The molecule has 0 spiro atoms. The molecular weight excluding hydrogens is 386 g/mol. The van der Waals surface area contributed by atoms with E-state index in [1.54, 1.807) is 18.3 Å². The van der Waals surface area contributed by atoms with E-state index in [2.05, 4.69) is 27.8 Å². The fourth-order valence-corrected chi connectivity index (χ4v) is 4.01. The first kappa shape index (κ1) is 22.2. The zero-order valence-corrected chi connectivity index (χ0v) is 18.1. The van der Waals surface area contributed by atoms with Crippen LogP contribution in [-0.2, 0) is 6.54 Å². The molecule has 2 aromatic carbocycles. The topological polar surface area (TPSA) is 104 Å². The van der Waals surface area contributed by atoms with Crippen molar-refractivity contribution in [1.82, 2.24) is 10.3 Å². The maximum atomic E-state index is 12.0. The summed E-state index contributed by atoms with van der Waals surface area (Å²) in [6.45, 7) is 4.73. The number of nitrogens with one attached hydrogen (secondary N) is 3. The Morgan fingerprint density at radius 3 is 2.58 bits per heavy atom. The number of carbonyl (C=O) groups is 1. The summed E-state index contributed by atoms with van der Waals surface area (Å²) in [5.74, 6) is -0.845. The average Bonchev–Trinajstić information content (AvgIpc) is 2.81. The van der Waals surface area contributed by atoms with E-state index in [-0.39, 0.29) is 12.0 Å². The van der Waals surface area contributed by atoms with Crippen LogP contribution in [0, 0.1) is 5.41 Å². The van der Waals surface area contributed by atoms with Gasteiger partial charge < -0.3 is 21.8 Å². The number of rotatable bonds is 5. The summed E-state index contributed by atoms with van der Waals surface area (Å²) in [5.41, 5.74) is 10.6. The zero-order valence-electron chi connectivity index (χ0n) is 18.1. The quantitative estimate of drug-likeness (QED) is 0.500. The van der Waals surface area contributed by atoms with Crippen molar-refractivity contribution in [3.63, 3.8) is 0 Å². The van der Waals surface area contributed by atoms with Gasteiger partial charge in [-0.15, -0.1) is 0 Å². The number of nitrogens with two attached hydrogens (primary N) is 1. The normalized spacial score (nSPS) is 17.1. The minimum absolute atomic E-state index is 0.232. The number of hydrogen-bond donors (Lipinski definition) is 4. The second-order valence-electron chi connectivity index (χ2n) is 7.14. The summed E-state index contributed by atoms with van der Waals surface area (Å²) in [6.07, 6.45) is 1.75. The summed E-state index contributed by atoms with van der Waals surface area (Å²) < 4.78 is 0. The highest BCUT2D eigenvalue weighted by Gasteiger charge is 2.37. The molecule has 1 aliphatic rings. The SMILES string of the molecule is CC.CNCc1cccc(C2C(=N)c3c(cccc3C(N)=O)NC2c2ccccn2)c1. The maximum Gasteiger partial charge on any atom is 0.249 e. The number of carbonyl (C=O) groups excluding carboxylic acids is 1. The van der Waals surface area contributed by atoms with E-state index in [9.17, 15) is 4.79 Å². The van der Waals surface area contributed by atoms with Gasteiger partial charge in [-0.1, -0.05) is 50.2 Å². The average molecular weight is 416 g/mol. The molecule has 1 aromatic heterocycles. The van der Waals surface area contributed by atoms with E-state index in [1.807, 2.05) is 57.3 Å². The Labute approximate surface area is 183 Å². The molecule has 1 amide bonds. The van der Waals surface area contributed by atoms with E-state index in [1.165, 1.54) is 0 Å². The number of hydrogen-bond acceptors (Lipinski definition) is 5. The summed E-state index contributed by atoms with van der Waals surface area (Å²) in [7, 11) is 1.91. The van der Waals surface area contributed by atoms with E-state index in [4.69, 9.17) is 11.1 Å². The Morgan fingerprint density at radius 2 is 1.90 bits per heavy atom. The largest absolute Gasteiger partial charge is 0.375 e. The number of fused-ring (bicyclic) bond motifs is 1. The first-order valence-electron chi connectivity index (χ1n) is 10.5. The molecule has 0 fully saturated rings. The van der Waals surface area contributed by atoms with Crippen molar-refractivity contribution >= 4 is 17.3 Å². The second kappa shape index (κ2) is 10.00. The van der Waals surface area contributed by atoms with Crippen molar-refractivity contribution in [2.24, 2.45) is 5.73 Å². The van der Waals surface area contributed by atoms with Gasteiger partial charge in [0.05, 0.1) is 28.9 Å². The van der Waals surface area contributed by atoms with Crippen LogP contribution < -0.4 is 16.4 Å². The fourth-order valence-electron chi connectivity index (χ4n) is 4.01. The molecule has 0 aliphatic carbocycles. The lowest BCUT2D eigenvalue weighted by Crippen LogP contribution is -2.34. The van der Waals surface area contributed by atoms with Gasteiger partial charge in [0, 0.05) is 24.0 Å². The van der Waals surface area contributed by atoms with Crippen LogP contribution in [-0.4, -0.2) is 23.7 Å². The van der Waals surface area contributed by atoms with Gasteiger partial charge in [-0.3, -0.25) is 9.78 Å². The lowest BCUT2D eigenvalue weighted by molar-refractivity contribution is 0.1000. The van der Waals surface area contributed by atoms with Crippen LogP contribution in [0.3, 0.4) is 0 Å². The molecule has 6 heteroatoms. The van der Waals surface area contributed by atoms with Crippen LogP contribution in [0.4, 0.5) is 5.69 Å². The van der Waals surface area contributed by atoms with Gasteiger partial charge in [0.15, 0.2) is 0 Å². The van der Waals surface area contributed by atoms with Gasteiger partial charge in [0.2, 0.25) is 5.91 Å². The van der Waals surface area contributed by atoms with E-state index < -0.39 is 5.91 Å². The van der Waals surface area contributed by atoms with Crippen molar-refractivity contribution in [2.45, 2.75) is 32.4 Å². The predicted molar refractivity (Wildman–Crippen MR) is 126 cm³/mol. The Bertz CT molecular complexity index is 1060. The number of anilines is 1. The molecule has 3 aromatic rings. The molecule has 2 unspecified atom stereocenters. The van der Waals surface area contributed by atoms with Crippen LogP contribution in [0.25, 0.3) is 0 Å². The molecule has 0 saturated carbocycles. The number of amides is 1. The monoisotopic (exact) mass is 415 g/mol. The maximum absolute atomic E-state index is 12.0. The lowest BCUT2D eigenvalue weighted by atomic mass is 9.77. The second-order valence-corrected chi connectivity index (χ2v) is 7.14. The molecule has 1 aliphatic heterocycles. The number of primary amides is 1. The molecule has 6 nitrogen and oxygen atoms in total. The number of pyridine rings is 1. The van der Waals surface area contributed by atoms with Gasteiger partial charge >= 0.3 is 0 Å². The Hall–Kier alpha value is -3.51. The third-order valence-corrected chi connectivity index (χ3v) is 5.25. The molecule has 4 rings (SSSR count). The molecule has 5 N–H and O–H groups in total. The highest BCUT2D eigenvalue weighted by molar-refractivity contribution is 6.16. The molecule has 0 bridgehead atoms. The van der Waals surface area contributed by atoms with Gasteiger partial charge in [0.25, 0.3) is 0 Å². The molecule has 2 heterocycles. The summed E-state index contributed by atoms with van der Waals surface area (Å²) in [5, 5.41) is 15.7. The molecule has 0 radical (unpaired) electrons. The van der Waals surface area contributed by atoms with Crippen LogP contribution >= 0.6 is 0 Å². The van der Waals surface area contributed by atoms with Crippen molar-refractivity contribution < 1.29 is 4.79 Å². The van der Waals surface area contributed by atoms with Gasteiger partial charge in [0.1, 0.15) is 0 Å². The first-order valence-corrected chi connectivity index (χ1v) is 10.5.